The molecule has 1 aliphatic rings. The second kappa shape index (κ2) is 3.88. The zero-order chi connectivity index (χ0) is 11.0. The Morgan fingerprint density at radius 1 is 1.31 bits per heavy atom. The van der Waals surface area contributed by atoms with Crippen molar-refractivity contribution in [3.05, 3.63) is 35.8 Å². The molecule has 3 rings (SSSR count). The SMILES string of the molecule is Fc1ccc2occc2c1C1CNCCO1. The average molecular weight is 221 g/mol. The second-order valence-electron chi connectivity index (χ2n) is 3.86. The van der Waals surface area contributed by atoms with Crippen molar-refractivity contribution >= 4 is 11.0 Å². The summed E-state index contributed by atoms with van der Waals surface area (Å²) in [7, 11) is 0. The molecule has 0 saturated carbocycles. The van der Waals surface area contributed by atoms with Crippen LogP contribution in [0.5, 0.6) is 0 Å². The van der Waals surface area contributed by atoms with Gasteiger partial charge in [0.25, 0.3) is 0 Å². The maximum atomic E-state index is 13.8. The van der Waals surface area contributed by atoms with Gasteiger partial charge in [-0.2, -0.15) is 0 Å². The third-order valence-corrected chi connectivity index (χ3v) is 2.87. The van der Waals surface area contributed by atoms with Gasteiger partial charge in [0.05, 0.1) is 19.0 Å². The van der Waals surface area contributed by atoms with Gasteiger partial charge in [0.1, 0.15) is 11.4 Å². The summed E-state index contributed by atoms with van der Waals surface area (Å²) < 4.78 is 24.7. The fourth-order valence-electron chi connectivity index (χ4n) is 2.12. The maximum absolute atomic E-state index is 13.8. The van der Waals surface area contributed by atoms with E-state index in [4.69, 9.17) is 9.15 Å². The Morgan fingerprint density at radius 2 is 2.25 bits per heavy atom. The van der Waals surface area contributed by atoms with Gasteiger partial charge in [-0.25, -0.2) is 4.39 Å². The van der Waals surface area contributed by atoms with Gasteiger partial charge in [0.2, 0.25) is 0 Å². The molecule has 4 heteroatoms. The molecule has 0 bridgehead atoms. The third-order valence-electron chi connectivity index (χ3n) is 2.87. The van der Waals surface area contributed by atoms with Crippen LogP contribution in [0.2, 0.25) is 0 Å². The standard InChI is InChI=1S/C12H12FNO2/c13-9-1-2-10-8(3-5-15-10)12(9)11-7-14-4-6-16-11/h1-3,5,11,14H,4,6-7H2. The van der Waals surface area contributed by atoms with Crippen molar-refractivity contribution in [2.45, 2.75) is 6.10 Å². The molecule has 2 heterocycles. The Morgan fingerprint density at radius 3 is 3.06 bits per heavy atom. The lowest BCUT2D eigenvalue weighted by Gasteiger charge is -2.24. The van der Waals surface area contributed by atoms with Gasteiger partial charge in [-0.15, -0.1) is 0 Å². The summed E-state index contributed by atoms with van der Waals surface area (Å²) in [5, 5.41) is 3.99. The van der Waals surface area contributed by atoms with E-state index in [-0.39, 0.29) is 11.9 Å². The number of hydrogen-bond donors (Lipinski definition) is 1. The molecule has 84 valence electrons. The molecule has 16 heavy (non-hydrogen) atoms. The van der Waals surface area contributed by atoms with Crippen molar-refractivity contribution in [1.82, 2.24) is 5.32 Å². The minimum Gasteiger partial charge on any atom is -0.464 e. The van der Waals surface area contributed by atoms with E-state index in [9.17, 15) is 4.39 Å². The van der Waals surface area contributed by atoms with Gasteiger partial charge in [-0.05, 0) is 18.2 Å². The van der Waals surface area contributed by atoms with Crippen molar-refractivity contribution in [2.24, 2.45) is 0 Å². The lowest BCUT2D eigenvalue weighted by atomic mass is 10.0. The number of nitrogens with one attached hydrogen (secondary N) is 1. The van der Waals surface area contributed by atoms with Gasteiger partial charge in [-0.3, -0.25) is 0 Å². The topological polar surface area (TPSA) is 34.4 Å². The molecule has 1 saturated heterocycles. The van der Waals surface area contributed by atoms with Crippen LogP contribution in [0.3, 0.4) is 0 Å². The molecule has 1 N–H and O–H groups in total. The summed E-state index contributed by atoms with van der Waals surface area (Å²) in [6, 6.07) is 4.86. The van der Waals surface area contributed by atoms with Crippen LogP contribution < -0.4 is 5.32 Å². The minimum absolute atomic E-state index is 0.227. The highest BCUT2D eigenvalue weighted by Crippen LogP contribution is 2.30. The first-order valence-corrected chi connectivity index (χ1v) is 5.34. The van der Waals surface area contributed by atoms with Crippen molar-refractivity contribution in [3.8, 4) is 0 Å². The molecule has 1 unspecified atom stereocenters. The van der Waals surface area contributed by atoms with Crippen molar-refractivity contribution in [3.63, 3.8) is 0 Å². The summed E-state index contributed by atoms with van der Waals surface area (Å²) in [4.78, 5) is 0. The number of halogens is 1. The largest absolute Gasteiger partial charge is 0.464 e. The van der Waals surface area contributed by atoms with E-state index < -0.39 is 0 Å². The number of morpholine rings is 1. The molecule has 1 fully saturated rings. The average Bonchev–Trinajstić information content (AvgIpc) is 2.78. The first kappa shape index (κ1) is 9.81. The first-order valence-electron chi connectivity index (χ1n) is 5.34. The summed E-state index contributed by atoms with van der Waals surface area (Å²) in [5.74, 6) is -0.234. The summed E-state index contributed by atoms with van der Waals surface area (Å²) in [6.45, 7) is 2.07. The summed E-state index contributed by atoms with van der Waals surface area (Å²) in [5.41, 5.74) is 1.30. The lowest BCUT2D eigenvalue weighted by molar-refractivity contribution is 0.0265. The molecule has 1 aromatic heterocycles. The number of furan rings is 1. The van der Waals surface area contributed by atoms with E-state index >= 15 is 0 Å². The fourth-order valence-corrected chi connectivity index (χ4v) is 2.12. The zero-order valence-electron chi connectivity index (χ0n) is 8.70. The second-order valence-corrected chi connectivity index (χ2v) is 3.86. The first-order chi connectivity index (χ1) is 7.86. The molecule has 0 amide bonds. The van der Waals surface area contributed by atoms with E-state index in [1.54, 1.807) is 18.4 Å². The summed E-state index contributed by atoms with van der Waals surface area (Å²) in [6.07, 6.45) is 1.35. The van der Waals surface area contributed by atoms with Gasteiger partial charge >= 0.3 is 0 Å². The van der Waals surface area contributed by atoms with Crippen LogP contribution in [0.4, 0.5) is 4.39 Å². The van der Waals surface area contributed by atoms with Crippen LogP contribution in [0.15, 0.2) is 28.9 Å². The molecular weight excluding hydrogens is 209 g/mol. The molecule has 1 atom stereocenters. The van der Waals surface area contributed by atoms with E-state index in [0.29, 0.717) is 24.3 Å². The third kappa shape index (κ3) is 1.50. The number of hydrogen-bond acceptors (Lipinski definition) is 3. The smallest absolute Gasteiger partial charge is 0.134 e. The molecule has 1 aromatic carbocycles. The van der Waals surface area contributed by atoms with Crippen molar-refractivity contribution < 1.29 is 13.5 Å². The quantitative estimate of drug-likeness (QED) is 0.801. The predicted molar refractivity (Wildman–Crippen MR) is 57.7 cm³/mol. The van der Waals surface area contributed by atoms with Crippen molar-refractivity contribution in [2.75, 3.05) is 19.7 Å². The molecule has 3 nitrogen and oxygen atoms in total. The van der Waals surface area contributed by atoms with Crippen LogP contribution in [0.25, 0.3) is 11.0 Å². The lowest BCUT2D eigenvalue weighted by Crippen LogP contribution is -2.33. The Hall–Kier alpha value is -1.39. The number of ether oxygens (including phenoxy) is 1. The Balaban J connectivity index is 2.12. The highest BCUT2D eigenvalue weighted by Gasteiger charge is 2.22. The van der Waals surface area contributed by atoms with Gasteiger partial charge in [0.15, 0.2) is 0 Å². The highest BCUT2D eigenvalue weighted by molar-refractivity contribution is 5.81. The maximum Gasteiger partial charge on any atom is 0.134 e. The number of benzene rings is 1. The molecule has 1 aliphatic heterocycles. The Kier molecular flexibility index (Phi) is 2.38. The number of rotatable bonds is 1. The minimum atomic E-state index is -0.234. The fraction of sp³-hybridized carbons (Fsp3) is 0.333. The Labute approximate surface area is 92.2 Å². The Bertz CT molecular complexity index is 503. The van der Waals surface area contributed by atoms with E-state index in [2.05, 4.69) is 5.32 Å². The van der Waals surface area contributed by atoms with E-state index in [1.807, 2.05) is 0 Å². The predicted octanol–water partition coefficient (Wildman–Crippen LogP) is 2.23. The van der Waals surface area contributed by atoms with Gasteiger partial charge in [-0.1, -0.05) is 0 Å². The zero-order valence-corrected chi connectivity index (χ0v) is 8.70. The molecule has 0 radical (unpaired) electrons. The van der Waals surface area contributed by atoms with Crippen LogP contribution in [0.1, 0.15) is 11.7 Å². The molecule has 0 aliphatic carbocycles. The molecule has 2 aromatic rings. The highest BCUT2D eigenvalue weighted by atomic mass is 19.1. The van der Waals surface area contributed by atoms with Crippen LogP contribution in [-0.2, 0) is 4.74 Å². The summed E-state index contributed by atoms with van der Waals surface area (Å²) >= 11 is 0. The van der Waals surface area contributed by atoms with E-state index in [1.165, 1.54) is 6.07 Å². The van der Waals surface area contributed by atoms with Gasteiger partial charge < -0.3 is 14.5 Å². The van der Waals surface area contributed by atoms with Crippen LogP contribution in [-0.4, -0.2) is 19.7 Å². The van der Waals surface area contributed by atoms with E-state index in [0.717, 1.165) is 11.9 Å². The van der Waals surface area contributed by atoms with Crippen LogP contribution in [0, 0.1) is 5.82 Å². The normalized spacial score (nSPS) is 21.4. The van der Waals surface area contributed by atoms with Gasteiger partial charge in [0, 0.05) is 24.0 Å². The number of fused-ring (bicyclic) bond motifs is 1. The van der Waals surface area contributed by atoms with Crippen LogP contribution >= 0.6 is 0 Å². The molecular formula is C12H12FNO2. The monoisotopic (exact) mass is 221 g/mol. The molecule has 0 spiro atoms. The van der Waals surface area contributed by atoms with Crippen molar-refractivity contribution in [1.29, 1.82) is 0 Å².